The summed E-state index contributed by atoms with van der Waals surface area (Å²) in [6.07, 6.45) is 0. The summed E-state index contributed by atoms with van der Waals surface area (Å²) in [5, 5.41) is 0. The summed E-state index contributed by atoms with van der Waals surface area (Å²) in [6.45, 7) is 0.380. The molecule has 0 saturated carbocycles. The Morgan fingerprint density at radius 2 is 1.60 bits per heavy atom. The minimum atomic E-state index is -4.95. The molecule has 2 nitrogen and oxygen atoms in total. The third-order valence-electron chi connectivity index (χ3n) is 3.45. The van der Waals surface area contributed by atoms with Crippen LogP contribution < -0.4 is 4.90 Å². The van der Waals surface area contributed by atoms with Gasteiger partial charge in [0, 0.05) is 31.9 Å². The van der Waals surface area contributed by atoms with Crippen LogP contribution >= 0.6 is 0 Å². The molecule has 0 atom stereocenters. The highest BCUT2D eigenvalue weighted by Gasteiger charge is 2.28. The molecule has 0 unspecified atom stereocenters. The lowest BCUT2D eigenvalue weighted by Crippen LogP contribution is -2.48. The number of hydrogen-bond donors (Lipinski definition) is 0. The van der Waals surface area contributed by atoms with Crippen molar-refractivity contribution in [1.29, 1.82) is 0 Å². The highest BCUT2D eigenvalue weighted by Crippen LogP contribution is 2.21. The lowest BCUT2D eigenvalue weighted by atomic mass is 9.80. The van der Waals surface area contributed by atoms with E-state index in [-0.39, 0.29) is 12.4 Å². The van der Waals surface area contributed by atoms with Gasteiger partial charge in [-0.25, -0.2) is 4.39 Å². The summed E-state index contributed by atoms with van der Waals surface area (Å²) in [6, 6.07) is 6.14. The second-order valence-electron chi connectivity index (χ2n) is 4.97. The van der Waals surface area contributed by atoms with Gasteiger partial charge in [-0.1, -0.05) is 0 Å². The van der Waals surface area contributed by atoms with E-state index < -0.39 is 12.4 Å². The van der Waals surface area contributed by atoms with Crippen LogP contribution in [0.1, 0.15) is 0 Å². The first-order valence-electron chi connectivity index (χ1n) is 6.47. The molecule has 1 saturated heterocycles. The molecule has 1 fully saturated rings. The highest BCUT2D eigenvalue weighted by molar-refractivity contribution is 6.66. The van der Waals surface area contributed by atoms with Gasteiger partial charge in [-0.15, -0.1) is 12.1 Å². The topological polar surface area (TPSA) is 6.48 Å². The Labute approximate surface area is 115 Å². The Kier molecular flexibility index (Phi) is 4.37. The number of benzene rings is 1. The minimum absolute atomic E-state index is 0.124. The fourth-order valence-corrected chi connectivity index (χ4v) is 2.21. The predicted octanol–water partition coefficient (Wildman–Crippen LogP) is 2.89. The van der Waals surface area contributed by atoms with Crippen LogP contribution in [0.3, 0.4) is 0 Å². The average molecular weight is 287 g/mol. The summed E-state index contributed by atoms with van der Waals surface area (Å²) < 4.78 is 50.3. The van der Waals surface area contributed by atoms with Crippen molar-refractivity contribution in [2.45, 2.75) is 0 Å². The van der Waals surface area contributed by atoms with Gasteiger partial charge in [0.25, 0.3) is 0 Å². The van der Waals surface area contributed by atoms with Gasteiger partial charge in [-0.3, -0.25) is 4.90 Å². The van der Waals surface area contributed by atoms with Crippen molar-refractivity contribution in [3.05, 3.63) is 42.1 Å². The average Bonchev–Trinajstić information content (AvgIpc) is 2.39. The molecular formula is C13H16BF4N2-. The van der Waals surface area contributed by atoms with Crippen molar-refractivity contribution in [2.75, 3.05) is 37.6 Å². The largest absolute Gasteiger partial charge is 0.506 e. The Morgan fingerprint density at radius 3 is 2.10 bits per heavy atom. The normalized spacial score (nSPS) is 17.3. The smallest absolute Gasteiger partial charge is 0.445 e. The molecule has 110 valence electrons. The van der Waals surface area contributed by atoms with Gasteiger partial charge in [0.15, 0.2) is 0 Å². The van der Waals surface area contributed by atoms with Crippen LogP contribution in [0.5, 0.6) is 0 Å². The Hall–Kier alpha value is -1.50. The van der Waals surface area contributed by atoms with E-state index in [0.717, 1.165) is 5.69 Å². The molecule has 20 heavy (non-hydrogen) atoms. The summed E-state index contributed by atoms with van der Waals surface area (Å²) in [7, 11) is 0. The van der Waals surface area contributed by atoms with Crippen LogP contribution in [0.25, 0.3) is 0 Å². The predicted molar refractivity (Wildman–Crippen MR) is 73.3 cm³/mol. The zero-order valence-electron chi connectivity index (χ0n) is 11.0. The monoisotopic (exact) mass is 287 g/mol. The summed E-state index contributed by atoms with van der Waals surface area (Å²) in [5.41, 5.74) is 0.241. The Balaban J connectivity index is 1.86. The number of hydrogen-bond acceptors (Lipinski definition) is 2. The van der Waals surface area contributed by atoms with Crippen LogP contribution in [-0.4, -0.2) is 44.6 Å². The molecule has 2 rings (SSSR count). The molecule has 0 N–H and O–H groups in total. The Bertz CT molecular complexity index is 464. The van der Waals surface area contributed by atoms with Gasteiger partial charge >= 0.3 is 6.98 Å². The molecule has 0 aliphatic carbocycles. The number of anilines is 1. The fraction of sp³-hybridized carbons (Fsp3) is 0.385. The SMILES string of the molecule is C=C(CN1CCN(c2ccc(F)cc2)CC1)[B-](F)(F)F. The third-order valence-corrected chi connectivity index (χ3v) is 3.45. The maximum Gasteiger partial charge on any atom is 0.506 e. The summed E-state index contributed by atoms with van der Waals surface area (Å²) in [4.78, 5) is 3.79. The molecule has 0 bridgehead atoms. The zero-order valence-corrected chi connectivity index (χ0v) is 11.0. The molecule has 7 heteroatoms. The van der Waals surface area contributed by atoms with Gasteiger partial charge in [-0.2, -0.15) is 0 Å². The zero-order chi connectivity index (χ0) is 14.8. The molecule has 1 aliphatic heterocycles. The van der Waals surface area contributed by atoms with Crippen LogP contribution in [0.4, 0.5) is 23.0 Å². The molecule has 0 spiro atoms. The lowest BCUT2D eigenvalue weighted by molar-refractivity contribution is 0.277. The van der Waals surface area contributed by atoms with E-state index in [4.69, 9.17) is 0 Å². The van der Waals surface area contributed by atoms with Gasteiger partial charge in [0.05, 0.1) is 0 Å². The first-order chi connectivity index (χ1) is 9.36. The van der Waals surface area contributed by atoms with E-state index in [1.54, 1.807) is 17.0 Å². The number of piperazine rings is 1. The van der Waals surface area contributed by atoms with E-state index in [9.17, 15) is 17.3 Å². The number of halogens is 4. The molecule has 0 aromatic heterocycles. The Morgan fingerprint density at radius 1 is 1.05 bits per heavy atom. The summed E-state index contributed by atoms with van der Waals surface area (Å²) in [5.74, 6) is -0.295. The van der Waals surface area contributed by atoms with Crippen molar-refractivity contribution < 1.29 is 17.3 Å². The quantitative estimate of drug-likeness (QED) is 0.620. The third kappa shape index (κ3) is 3.76. The second kappa shape index (κ2) is 5.87. The first-order valence-corrected chi connectivity index (χ1v) is 6.47. The van der Waals surface area contributed by atoms with Crippen LogP contribution in [0, 0.1) is 5.82 Å². The molecule has 1 heterocycles. The second-order valence-corrected chi connectivity index (χ2v) is 4.97. The molecule has 0 radical (unpaired) electrons. The molecule has 1 aromatic carbocycles. The molecule has 0 amide bonds. The van der Waals surface area contributed by atoms with Crippen LogP contribution in [0.15, 0.2) is 36.3 Å². The maximum atomic E-state index is 12.8. The van der Waals surface area contributed by atoms with Gasteiger partial charge in [0.2, 0.25) is 0 Å². The highest BCUT2D eigenvalue weighted by atomic mass is 19.4. The van der Waals surface area contributed by atoms with Crippen LogP contribution in [0.2, 0.25) is 0 Å². The minimum Gasteiger partial charge on any atom is -0.445 e. The van der Waals surface area contributed by atoms with Crippen LogP contribution in [-0.2, 0) is 0 Å². The van der Waals surface area contributed by atoms with Crippen molar-refractivity contribution in [3.8, 4) is 0 Å². The molecule has 1 aliphatic rings. The first kappa shape index (κ1) is 14.9. The van der Waals surface area contributed by atoms with Gasteiger partial charge < -0.3 is 17.8 Å². The standard InChI is InChI=1S/C13H16BF4N2/c1-11(14(16,17)18)10-19-6-8-20(9-7-19)13-4-2-12(15)3-5-13/h2-5H,1,6-10H2/q-1. The lowest BCUT2D eigenvalue weighted by Gasteiger charge is -2.37. The fourth-order valence-electron chi connectivity index (χ4n) is 2.21. The maximum absolute atomic E-state index is 12.8. The molecular weight excluding hydrogens is 271 g/mol. The van der Waals surface area contributed by atoms with E-state index >= 15 is 0 Å². The number of rotatable bonds is 4. The summed E-state index contributed by atoms with van der Waals surface area (Å²) >= 11 is 0. The van der Waals surface area contributed by atoms with E-state index in [2.05, 4.69) is 6.58 Å². The number of nitrogens with zero attached hydrogens (tertiary/aromatic N) is 2. The van der Waals surface area contributed by atoms with Crippen molar-refractivity contribution in [2.24, 2.45) is 0 Å². The van der Waals surface area contributed by atoms with Gasteiger partial charge in [0.1, 0.15) is 5.82 Å². The molecule has 1 aromatic rings. The van der Waals surface area contributed by atoms with Crippen molar-refractivity contribution in [1.82, 2.24) is 4.90 Å². The van der Waals surface area contributed by atoms with Crippen molar-refractivity contribution >= 4 is 12.7 Å². The van der Waals surface area contributed by atoms with E-state index in [1.165, 1.54) is 12.1 Å². The van der Waals surface area contributed by atoms with Crippen molar-refractivity contribution in [3.63, 3.8) is 0 Å². The van der Waals surface area contributed by atoms with E-state index in [0.29, 0.717) is 26.2 Å². The van der Waals surface area contributed by atoms with Gasteiger partial charge in [-0.05, 0) is 30.8 Å². The van der Waals surface area contributed by atoms with E-state index in [1.807, 2.05) is 4.90 Å².